The van der Waals surface area contributed by atoms with Crippen LogP contribution in [0.2, 0.25) is 0 Å². The number of rotatable bonds is 5. The van der Waals surface area contributed by atoms with Crippen molar-refractivity contribution in [3.8, 4) is 0 Å². The quantitative estimate of drug-likeness (QED) is 0.778. The van der Waals surface area contributed by atoms with Gasteiger partial charge in [-0.1, -0.05) is 17.3 Å². The normalized spacial score (nSPS) is 10.8. The number of carbonyl (C=O) groups excluding carboxylic acids is 1. The van der Waals surface area contributed by atoms with Gasteiger partial charge in [-0.3, -0.25) is 4.79 Å². The van der Waals surface area contributed by atoms with Crippen molar-refractivity contribution < 1.29 is 18.1 Å². The Morgan fingerprint density at radius 2 is 1.92 bits per heavy atom. The first kappa shape index (κ1) is 16.0. The van der Waals surface area contributed by atoms with Crippen LogP contribution in [-0.2, 0) is 13.0 Å². The minimum Gasteiger partial charge on any atom is -0.456 e. The van der Waals surface area contributed by atoms with Crippen molar-refractivity contribution in [2.45, 2.75) is 26.8 Å². The fraction of sp³-hybridized carbons (Fsp3) is 0.222. The van der Waals surface area contributed by atoms with E-state index < -0.39 is 0 Å². The molecule has 0 saturated carbocycles. The van der Waals surface area contributed by atoms with Crippen LogP contribution in [0, 0.1) is 19.7 Å². The maximum Gasteiger partial charge on any atom is 0.287 e. The average Bonchev–Trinajstić information content (AvgIpc) is 3.16. The van der Waals surface area contributed by atoms with Crippen molar-refractivity contribution in [1.82, 2.24) is 10.5 Å². The molecule has 0 unspecified atom stereocenters. The van der Waals surface area contributed by atoms with Gasteiger partial charge in [0.2, 0.25) is 0 Å². The van der Waals surface area contributed by atoms with E-state index in [4.69, 9.17) is 8.94 Å². The van der Waals surface area contributed by atoms with E-state index in [1.807, 2.05) is 13.8 Å². The molecule has 0 radical (unpaired) electrons. The predicted molar refractivity (Wildman–Crippen MR) is 85.1 cm³/mol. The third kappa shape index (κ3) is 3.53. The van der Waals surface area contributed by atoms with Crippen LogP contribution in [-0.4, -0.2) is 11.1 Å². The summed E-state index contributed by atoms with van der Waals surface area (Å²) in [6.45, 7) is 4.01. The summed E-state index contributed by atoms with van der Waals surface area (Å²) >= 11 is 0. The number of benzene rings is 1. The van der Waals surface area contributed by atoms with E-state index in [0.29, 0.717) is 18.7 Å². The van der Waals surface area contributed by atoms with Crippen molar-refractivity contribution in [2.75, 3.05) is 0 Å². The predicted octanol–water partition coefficient (Wildman–Crippen LogP) is 3.54. The maximum absolute atomic E-state index is 12.9. The molecule has 0 aliphatic heterocycles. The number of aryl methyl sites for hydroxylation is 2. The Balaban J connectivity index is 1.62. The Kier molecular flexibility index (Phi) is 4.46. The molecule has 5 nitrogen and oxygen atoms in total. The van der Waals surface area contributed by atoms with Crippen LogP contribution in [0.25, 0.3) is 0 Å². The highest BCUT2D eigenvalue weighted by molar-refractivity contribution is 5.91. The Hall–Kier alpha value is -2.89. The topological polar surface area (TPSA) is 68.3 Å². The van der Waals surface area contributed by atoms with Crippen LogP contribution >= 0.6 is 0 Å². The zero-order valence-electron chi connectivity index (χ0n) is 13.4. The number of halogens is 1. The smallest absolute Gasteiger partial charge is 0.287 e. The summed E-state index contributed by atoms with van der Waals surface area (Å²) < 4.78 is 23.6. The highest BCUT2D eigenvalue weighted by atomic mass is 19.1. The number of carbonyl (C=O) groups is 1. The van der Waals surface area contributed by atoms with Gasteiger partial charge in [-0.25, -0.2) is 4.39 Å². The van der Waals surface area contributed by atoms with Crippen LogP contribution in [0.15, 0.2) is 45.3 Å². The molecule has 2 heterocycles. The highest BCUT2D eigenvalue weighted by Crippen LogP contribution is 2.19. The highest BCUT2D eigenvalue weighted by Gasteiger charge is 2.15. The van der Waals surface area contributed by atoms with E-state index in [9.17, 15) is 9.18 Å². The number of aromatic nitrogens is 1. The van der Waals surface area contributed by atoms with E-state index in [-0.39, 0.29) is 17.5 Å². The first-order valence-corrected chi connectivity index (χ1v) is 7.56. The molecule has 3 rings (SSSR count). The van der Waals surface area contributed by atoms with E-state index in [2.05, 4.69) is 10.5 Å². The molecule has 0 fully saturated rings. The van der Waals surface area contributed by atoms with Crippen LogP contribution in [0.3, 0.4) is 0 Å². The van der Waals surface area contributed by atoms with Crippen molar-refractivity contribution in [1.29, 1.82) is 0 Å². The third-order valence-corrected chi connectivity index (χ3v) is 3.78. The van der Waals surface area contributed by atoms with Crippen molar-refractivity contribution in [3.63, 3.8) is 0 Å². The molecule has 2 aromatic heterocycles. The van der Waals surface area contributed by atoms with Crippen molar-refractivity contribution in [3.05, 3.63) is 76.3 Å². The Morgan fingerprint density at radius 3 is 2.58 bits per heavy atom. The minimum absolute atomic E-state index is 0.235. The number of hydrogen-bond acceptors (Lipinski definition) is 4. The van der Waals surface area contributed by atoms with Gasteiger partial charge in [0.1, 0.15) is 17.3 Å². The second-order valence-electron chi connectivity index (χ2n) is 5.55. The number of hydrogen-bond donors (Lipinski definition) is 1. The summed E-state index contributed by atoms with van der Waals surface area (Å²) in [5.41, 5.74) is 2.58. The Labute approximate surface area is 138 Å². The molecule has 0 saturated heterocycles. The standard InChI is InChI=1S/C18H17FN2O3/c1-11-16(12(2)24-21-11)9-15-7-8-17(23-15)18(22)20-10-13-3-5-14(19)6-4-13/h3-8H,9-10H2,1-2H3,(H,20,22). The van der Waals surface area contributed by atoms with Gasteiger partial charge >= 0.3 is 0 Å². The zero-order valence-corrected chi connectivity index (χ0v) is 13.4. The minimum atomic E-state index is -0.315. The summed E-state index contributed by atoms with van der Waals surface area (Å²) in [5, 5.41) is 6.64. The van der Waals surface area contributed by atoms with E-state index in [0.717, 1.165) is 22.6 Å². The number of nitrogens with one attached hydrogen (secondary N) is 1. The molecular weight excluding hydrogens is 311 g/mol. The summed E-state index contributed by atoms with van der Waals surface area (Å²) in [4.78, 5) is 12.1. The molecule has 1 amide bonds. The van der Waals surface area contributed by atoms with Crippen LogP contribution in [0.5, 0.6) is 0 Å². The SMILES string of the molecule is Cc1noc(C)c1Cc1ccc(C(=O)NCc2ccc(F)cc2)o1. The second kappa shape index (κ2) is 6.70. The van der Waals surface area contributed by atoms with Gasteiger partial charge in [-0.2, -0.15) is 0 Å². The van der Waals surface area contributed by atoms with Gasteiger partial charge in [-0.05, 0) is 43.7 Å². The van der Waals surface area contributed by atoms with Crippen molar-refractivity contribution in [2.24, 2.45) is 0 Å². The van der Waals surface area contributed by atoms with Crippen LogP contribution in [0.1, 0.15) is 38.9 Å². The molecule has 6 heteroatoms. The van der Waals surface area contributed by atoms with Gasteiger partial charge in [-0.15, -0.1) is 0 Å². The maximum atomic E-state index is 12.9. The lowest BCUT2D eigenvalue weighted by atomic mass is 10.1. The molecule has 0 spiro atoms. The fourth-order valence-corrected chi connectivity index (χ4v) is 2.40. The lowest BCUT2D eigenvalue weighted by Gasteiger charge is -2.03. The second-order valence-corrected chi connectivity index (χ2v) is 5.55. The first-order chi connectivity index (χ1) is 11.5. The monoisotopic (exact) mass is 328 g/mol. The summed E-state index contributed by atoms with van der Waals surface area (Å²) in [6.07, 6.45) is 0.520. The van der Waals surface area contributed by atoms with Crippen LogP contribution in [0.4, 0.5) is 4.39 Å². The van der Waals surface area contributed by atoms with Gasteiger partial charge < -0.3 is 14.3 Å². The lowest BCUT2D eigenvalue weighted by molar-refractivity contribution is 0.0921. The molecule has 0 aliphatic carbocycles. The van der Waals surface area contributed by atoms with Gasteiger partial charge in [0.15, 0.2) is 5.76 Å². The van der Waals surface area contributed by atoms with Gasteiger partial charge in [0.25, 0.3) is 5.91 Å². The largest absolute Gasteiger partial charge is 0.456 e. The summed E-state index contributed by atoms with van der Waals surface area (Å²) in [5.74, 6) is 1.02. The van der Waals surface area contributed by atoms with Crippen LogP contribution < -0.4 is 5.32 Å². The molecule has 0 bridgehead atoms. The Morgan fingerprint density at radius 1 is 1.17 bits per heavy atom. The van der Waals surface area contributed by atoms with E-state index >= 15 is 0 Å². The van der Waals surface area contributed by atoms with Gasteiger partial charge in [0.05, 0.1) is 5.69 Å². The average molecular weight is 328 g/mol. The van der Waals surface area contributed by atoms with E-state index in [1.165, 1.54) is 12.1 Å². The third-order valence-electron chi connectivity index (χ3n) is 3.78. The molecule has 0 atom stereocenters. The molecule has 24 heavy (non-hydrogen) atoms. The number of amides is 1. The zero-order chi connectivity index (χ0) is 17.1. The molecule has 124 valence electrons. The number of furan rings is 1. The number of nitrogens with zero attached hydrogens (tertiary/aromatic N) is 1. The Bertz CT molecular complexity index is 830. The van der Waals surface area contributed by atoms with E-state index in [1.54, 1.807) is 24.3 Å². The van der Waals surface area contributed by atoms with Gasteiger partial charge in [0, 0.05) is 18.5 Å². The molecular formula is C18H17FN2O3. The molecule has 3 aromatic rings. The first-order valence-electron chi connectivity index (χ1n) is 7.56. The summed E-state index contributed by atoms with van der Waals surface area (Å²) in [6, 6.07) is 9.36. The molecule has 0 aliphatic rings. The lowest BCUT2D eigenvalue weighted by Crippen LogP contribution is -2.22. The summed E-state index contributed by atoms with van der Waals surface area (Å²) in [7, 11) is 0. The fourth-order valence-electron chi connectivity index (χ4n) is 2.40. The molecule has 1 aromatic carbocycles. The van der Waals surface area contributed by atoms with Crippen molar-refractivity contribution >= 4 is 5.91 Å². The molecule has 1 N–H and O–H groups in total.